The Bertz CT molecular complexity index is 545. The molecule has 6 heteroatoms. The molecular weight excluding hydrogens is 294 g/mol. The first-order valence-corrected chi connectivity index (χ1v) is 7.74. The van der Waals surface area contributed by atoms with Crippen LogP contribution in [0.2, 0.25) is 0 Å². The molecule has 0 radical (unpaired) electrons. The van der Waals surface area contributed by atoms with Gasteiger partial charge in [0.2, 0.25) is 5.91 Å². The molecule has 1 fully saturated rings. The average molecular weight is 317 g/mol. The Balaban J connectivity index is 1.91. The second-order valence-corrected chi connectivity index (χ2v) is 5.33. The van der Waals surface area contributed by atoms with E-state index in [-0.39, 0.29) is 11.9 Å². The first kappa shape index (κ1) is 17.0. The predicted octanol–water partition coefficient (Wildman–Crippen LogP) is 1.25. The van der Waals surface area contributed by atoms with Crippen molar-refractivity contribution < 1.29 is 14.3 Å². The maximum absolute atomic E-state index is 12.3. The highest BCUT2D eigenvalue weighted by Crippen LogP contribution is 2.04. The van der Waals surface area contributed by atoms with Crippen LogP contribution in [0.1, 0.15) is 12.0 Å². The minimum Gasteiger partial charge on any atom is -0.383 e. The largest absolute Gasteiger partial charge is 0.383 e. The van der Waals surface area contributed by atoms with Gasteiger partial charge in [0.25, 0.3) is 0 Å². The van der Waals surface area contributed by atoms with E-state index in [1.165, 1.54) is 0 Å². The van der Waals surface area contributed by atoms with Crippen LogP contribution in [0.4, 0.5) is 4.79 Å². The van der Waals surface area contributed by atoms with E-state index >= 15 is 0 Å². The Morgan fingerprint density at radius 2 is 2.22 bits per heavy atom. The maximum Gasteiger partial charge on any atom is 0.318 e. The van der Waals surface area contributed by atoms with Crippen molar-refractivity contribution >= 4 is 18.0 Å². The molecule has 1 aromatic rings. The molecular formula is C17H23N3O3. The fourth-order valence-corrected chi connectivity index (χ4v) is 2.33. The van der Waals surface area contributed by atoms with Crippen molar-refractivity contribution in [2.75, 3.05) is 33.4 Å². The van der Waals surface area contributed by atoms with Crippen molar-refractivity contribution in [3.63, 3.8) is 0 Å². The first-order valence-electron chi connectivity index (χ1n) is 7.74. The van der Waals surface area contributed by atoms with E-state index in [0.29, 0.717) is 32.7 Å². The van der Waals surface area contributed by atoms with Crippen molar-refractivity contribution in [1.29, 1.82) is 0 Å². The minimum atomic E-state index is -0.439. The second-order valence-electron chi connectivity index (χ2n) is 5.33. The summed E-state index contributed by atoms with van der Waals surface area (Å²) in [6, 6.07) is 9.20. The summed E-state index contributed by atoms with van der Waals surface area (Å²) in [7, 11) is 1.60. The van der Waals surface area contributed by atoms with Crippen LogP contribution >= 0.6 is 0 Å². The first-order chi connectivity index (χ1) is 11.2. The lowest BCUT2D eigenvalue weighted by molar-refractivity contribution is -0.120. The molecule has 1 aliphatic rings. The molecule has 23 heavy (non-hydrogen) atoms. The summed E-state index contributed by atoms with van der Waals surface area (Å²) in [6.07, 6.45) is 4.52. The molecule has 1 atom stereocenters. The number of urea groups is 1. The number of nitrogens with zero attached hydrogens (tertiary/aromatic N) is 1. The van der Waals surface area contributed by atoms with Crippen LogP contribution in [0.5, 0.6) is 0 Å². The van der Waals surface area contributed by atoms with Crippen LogP contribution in [0, 0.1) is 0 Å². The number of amides is 3. The number of carbonyl (C=O) groups excluding carboxylic acids is 2. The van der Waals surface area contributed by atoms with E-state index in [0.717, 1.165) is 5.56 Å². The lowest BCUT2D eigenvalue weighted by Gasteiger charge is -2.23. The normalized spacial score (nSPS) is 17.3. The molecule has 2 N–H and O–H groups in total. The van der Waals surface area contributed by atoms with Gasteiger partial charge in [-0.3, -0.25) is 4.79 Å². The van der Waals surface area contributed by atoms with E-state index in [1.807, 2.05) is 42.5 Å². The highest BCUT2D eigenvalue weighted by molar-refractivity contribution is 5.88. The summed E-state index contributed by atoms with van der Waals surface area (Å²) >= 11 is 0. The maximum atomic E-state index is 12.3. The van der Waals surface area contributed by atoms with E-state index < -0.39 is 6.04 Å². The summed E-state index contributed by atoms with van der Waals surface area (Å²) < 4.78 is 5.05. The van der Waals surface area contributed by atoms with Crippen molar-refractivity contribution in [1.82, 2.24) is 15.5 Å². The van der Waals surface area contributed by atoms with Crippen LogP contribution < -0.4 is 10.6 Å². The minimum absolute atomic E-state index is 0.120. The zero-order valence-electron chi connectivity index (χ0n) is 13.3. The van der Waals surface area contributed by atoms with Gasteiger partial charge in [0, 0.05) is 26.7 Å². The summed E-state index contributed by atoms with van der Waals surface area (Å²) in [5, 5.41) is 5.48. The molecule has 0 saturated carbocycles. The van der Waals surface area contributed by atoms with Crippen molar-refractivity contribution in [3.05, 3.63) is 42.0 Å². The highest BCUT2D eigenvalue weighted by atomic mass is 16.5. The molecule has 2 rings (SSSR count). The Morgan fingerprint density at radius 3 is 2.87 bits per heavy atom. The van der Waals surface area contributed by atoms with E-state index in [2.05, 4.69) is 10.6 Å². The number of hydrogen-bond acceptors (Lipinski definition) is 3. The van der Waals surface area contributed by atoms with Gasteiger partial charge in [-0.05, 0) is 12.0 Å². The van der Waals surface area contributed by atoms with Crippen LogP contribution in [-0.4, -0.2) is 56.2 Å². The molecule has 124 valence electrons. The molecule has 0 bridgehead atoms. The molecule has 1 saturated heterocycles. The van der Waals surface area contributed by atoms with Gasteiger partial charge in [-0.2, -0.15) is 0 Å². The van der Waals surface area contributed by atoms with Crippen LogP contribution in [0.15, 0.2) is 36.4 Å². The quantitative estimate of drug-likeness (QED) is 0.795. The van der Waals surface area contributed by atoms with Gasteiger partial charge in [0.05, 0.1) is 6.61 Å². The standard InChI is InChI=1S/C17H23N3O3/c1-23-13-12-20(11-5-8-14-6-3-2-4-7-14)17(22)19-15-9-10-18-16(15)21/h2-8,15H,9-13H2,1H3,(H,18,21)(H,19,22)/b8-5+. The number of carbonyl (C=O) groups is 2. The van der Waals surface area contributed by atoms with Gasteiger partial charge in [0.1, 0.15) is 6.04 Å². The lowest BCUT2D eigenvalue weighted by atomic mass is 10.2. The summed E-state index contributed by atoms with van der Waals surface area (Å²) in [4.78, 5) is 25.5. The van der Waals surface area contributed by atoms with Gasteiger partial charge in [-0.25, -0.2) is 4.79 Å². The van der Waals surface area contributed by atoms with Gasteiger partial charge in [-0.15, -0.1) is 0 Å². The molecule has 6 nitrogen and oxygen atoms in total. The van der Waals surface area contributed by atoms with Crippen molar-refractivity contribution in [2.24, 2.45) is 0 Å². The third-order valence-corrected chi connectivity index (χ3v) is 3.63. The smallest absolute Gasteiger partial charge is 0.318 e. The summed E-state index contributed by atoms with van der Waals surface area (Å²) in [5.41, 5.74) is 1.08. The average Bonchev–Trinajstić information content (AvgIpc) is 2.96. The number of rotatable bonds is 7. The van der Waals surface area contributed by atoms with Gasteiger partial charge in [-0.1, -0.05) is 42.5 Å². The predicted molar refractivity (Wildman–Crippen MR) is 88.9 cm³/mol. The lowest BCUT2D eigenvalue weighted by Crippen LogP contribution is -2.48. The molecule has 1 unspecified atom stereocenters. The third kappa shape index (κ3) is 5.41. The van der Waals surface area contributed by atoms with Gasteiger partial charge >= 0.3 is 6.03 Å². The number of benzene rings is 1. The Hall–Kier alpha value is -2.34. The van der Waals surface area contributed by atoms with E-state index in [1.54, 1.807) is 12.0 Å². The molecule has 0 aliphatic carbocycles. The monoisotopic (exact) mass is 317 g/mol. The fourth-order valence-electron chi connectivity index (χ4n) is 2.33. The number of methoxy groups -OCH3 is 1. The number of ether oxygens (including phenoxy) is 1. The summed E-state index contributed by atoms with van der Waals surface area (Å²) in [6.45, 7) is 1.98. The van der Waals surface area contributed by atoms with E-state index in [9.17, 15) is 9.59 Å². The molecule has 1 aromatic carbocycles. The Morgan fingerprint density at radius 1 is 1.43 bits per heavy atom. The number of hydrogen-bond donors (Lipinski definition) is 2. The Kier molecular flexibility index (Phi) is 6.62. The second kappa shape index (κ2) is 8.95. The van der Waals surface area contributed by atoms with Crippen LogP contribution in [0.25, 0.3) is 6.08 Å². The van der Waals surface area contributed by atoms with Crippen LogP contribution in [-0.2, 0) is 9.53 Å². The SMILES string of the molecule is COCCN(C/C=C/c1ccccc1)C(=O)NC1CCNC1=O. The Labute approximate surface area is 136 Å². The van der Waals surface area contributed by atoms with Gasteiger partial charge in [0.15, 0.2) is 0 Å². The highest BCUT2D eigenvalue weighted by Gasteiger charge is 2.27. The van der Waals surface area contributed by atoms with Crippen LogP contribution in [0.3, 0.4) is 0 Å². The van der Waals surface area contributed by atoms with E-state index in [4.69, 9.17) is 4.74 Å². The number of nitrogens with one attached hydrogen (secondary N) is 2. The third-order valence-electron chi connectivity index (χ3n) is 3.63. The molecule has 1 heterocycles. The molecule has 1 aliphatic heterocycles. The fraction of sp³-hybridized carbons (Fsp3) is 0.412. The van der Waals surface area contributed by atoms with Crippen molar-refractivity contribution in [2.45, 2.75) is 12.5 Å². The zero-order valence-corrected chi connectivity index (χ0v) is 13.3. The van der Waals surface area contributed by atoms with Crippen molar-refractivity contribution in [3.8, 4) is 0 Å². The topological polar surface area (TPSA) is 70.7 Å². The summed E-state index contributed by atoms with van der Waals surface area (Å²) in [5.74, 6) is -0.120. The molecule has 0 aromatic heterocycles. The molecule has 0 spiro atoms. The molecule has 3 amide bonds. The van der Waals surface area contributed by atoms with Gasteiger partial charge < -0.3 is 20.3 Å². The zero-order chi connectivity index (χ0) is 16.5.